The summed E-state index contributed by atoms with van der Waals surface area (Å²) in [6, 6.07) is 10.9. The van der Waals surface area contributed by atoms with Crippen LogP contribution in [-0.4, -0.2) is 21.2 Å². The standard InChI is InChI=1S/C18H20ClNO2/c19-15-8-6-7-14(13-15)16(17(21)20-11-4-5-12-20)18(22)9-2-1-3-10-18/h4-8,11-13,16,22H,1-3,9-10H2. The molecule has 0 radical (unpaired) electrons. The molecule has 0 spiro atoms. The number of carbonyl (C=O) groups is 1. The topological polar surface area (TPSA) is 42.2 Å². The van der Waals surface area contributed by atoms with E-state index in [1.807, 2.05) is 24.3 Å². The van der Waals surface area contributed by atoms with Crippen LogP contribution in [0.4, 0.5) is 0 Å². The number of rotatable bonds is 3. The predicted octanol–water partition coefficient (Wildman–Crippen LogP) is 4.26. The highest BCUT2D eigenvalue weighted by molar-refractivity contribution is 6.30. The van der Waals surface area contributed by atoms with Crippen LogP contribution < -0.4 is 0 Å². The van der Waals surface area contributed by atoms with Crippen LogP contribution >= 0.6 is 11.6 Å². The van der Waals surface area contributed by atoms with Crippen molar-refractivity contribution in [1.29, 1.82) is 0 Å². The molecule has 22 heavy (non-hydrogen) atoms. The average Bonchev–Trinajstić information content (AvgIpc) is 3.02. The fraction of sp³-hybridized carbons (Fsp3) is 0.389. The Kier molecular flexibility index (Phi) is 4.37. The Bertz CT molecular complexity index is 645. The molecule has 116 valence electrons. The van der Waals surface area contributed by atoms with Gasteiger partial charge in [-0.05, 0) is 42.7 Å². The van der Waals surface area contributed by atoms with Crippen LogP contribution in [0, 0.1) is 0 Å². The van der Waals surface area contributed by atoms with E-state index in [0.717, 1.165) is 24.8 Å². The molecule has 2 aromatic rings. The number of halogens is 1. The summed E-state index contributed by atoms with van der Waals surface area (Å²) in [5.74, 6) is -0.685. The molecule has 0 aliphatic heterocycles. The zero-order valence-electron chi connectivity index (χ0n) is 12.4. The molecule has 0 bridgehead atoms. The van der Waals surface area contributed by atoms with Gasteiger partial charge in [-0.25, -0.2) is 0 Å². The molecule has 1 atom stereocenters. The normalized spacial score (nSPS) is 18.8. The Morgan fingerprint density at radius 2 is 1.82 bits per heavy atom. The van der Waals surface area contributed by atoms with Gasteiger partial charge in [0.2, 0.25) is 5.91 Å². The summed E-state index contributed by atoms with van der Waals surface area (Å²) in [6.45, 7) is 0. The van der Waals surface area contributed by atoms with E-state index in [2.05, 4.69) is 0 Å². The van der Waals surface area contributed by atoms with Gasteiger partial charge in [0, 0.05) is 17.4 Å². The van der Waals surface area contributed by atoms with Gasteiger partial charge in [0.05, 0.1) is 11.5 Å². The van der Waals surface area contributed by atoms with E-state index in [4.69, 9.17) is 11.6 Å². The zero-order chi connectivity index (χ0) is 15.6. The molecule has 1 aromatic heterocycles. The number of aromatic nitrogens is 1. The van der Waals surface area contributed by atoms with E-state index < -0.39 is 11.5 Å². The summed E-state index contributed by atoms with van der Waals surface area (Å²) in [7, 11) is 0. The maximum Gasteiger partial charge on any atom is 0.241 e. The van der Waals surface area contributed by atoms with Crippen LogP contribution in [-0.2, 0) is 0 Å². The summed E-state index contributed by atoms with van der Waals surface area (Å²) >= 11 is 6.10. The summed E-state index contributed by atoms with van der Waals surface area (Å²) < 4.78 is 1.55. The second kappa shape index (κ2) is 6.27. The van der Waals surface area contributed by atoms with Crippen molar-refractivity contribution in [2.75, 3.05) is 0 Å². The van der Waals surface area contributed by atoms with Gasteiger partial charge < -0.3 is 5.11 Å². The van der Waals surface area contributed by atoms with Gasteiger partial charge in [-0.3, -0.25) is 9.36 Å². The number of benzene rings is 1. The lowest BCUT2D eigenvalue weighted by Crippen LogP contribution is -2.43. The number of aliphatic hydroxyl groups is 1. The first kappa shape index (κ1) is 15.3. The maximum atomic E-state index is 13.0. The summed E-state index contributed by atoms with van der Waals surface area (Å²) in [4.78, 5) is 13.0. The first-order valence-electron chi connectivity index (χ1n) is 7.75. The van der Waals surface area contributed by atoms with Crippen LogP contribution in [0.2, 0.25) is 5.02 Å². The van der Waals surface area contributed by atoms with Crippen LogP contribution in [0.3, 0.4) is 0 Å². The van der Waals surface area contributed by atoms with Crippen molar-refractivity contribution in [3.63, 3.8) is 0 Å². The SMILES string of the molecule is O=C(C(c1cccc(Cl)c1)C1(O)CCCCC1)n1cccc1. The molecule has 0 saturated heterocycles. The molecule has 4 heteroatoms. The first-order valence-corrected chi connectivity index (χ1v) is 8.13. The average molecular weight is 318 g/mol. The Morgan fingerprint density at radius 1 is 1.14 bits per heavy atom. The predicted molar refractivity (Wildman–Crippen MR) is 87.3 cm³/mol. The fourth-order valence-corrected chi connectivity index (χ4v) is 3.65. The first-order chi connectivity index (χ1) is 10.6. The second-order valence-electron chi connectivity index (χ2n) is 6.08. The van der Waals surface area contributed by atoms with Crippen molar-refractivity contribution < 1.29 is 9.90 Å². The van der Waals surface area contributed by atoms with E-state index in [1.54, 1.807) is 29.1 Å². The number of nitrogens with zero attached hydrogens (tertiary/aromatic N) is 1. The molecule has 1 saturated carbocycles. The van der Waals surface area contributed by atoms with Crippen molar-refractivity contribution in [2.45, 2.75) is 43.6 Å². The monoisotopic (exact) mass is 317 g/mol. The molecule has 1 fully saturated rings. The van der Waals surface area contributed by atoms with Gasteiger partial charge >= 0.3 is 0 Å². The molecule has 1 aliphatic rings. The van der Waals surface area contributed by atoms with E-state index >= 15 is 0 Å². The van der Waals surface area contributed by atoms with E-state index in [0.29, 0.717) is 17.9 Å². The minimum atomic E-state index is -0.996. The van der Waals surface area contributed by atoms with Crippen LogP contribution in [0.5, 0.6) is 0 Å². The van der Waals surface area contributed by atoms with Crippen molar-refractivity contribution >= 4 is 17.5 Å². The molecule has 1 heterocycles. The molecule has 1 N–H and O–H groups in total. The Balaban J connectivity index is 2.03. The van der Waals surface area contributed by atoms with Gasteiger partial charge in [-0.15, -0.1) is 0 Å². The summed E-state index contributed by atoms with van der Waals surface area (Å²) in [6.07, 6.45) is 7.77. The Hall–Kier alpha value is -1.58. The fourth-order valence-electron chi connectivity index (χ4n) is 3.45. The van der Waals surface area contributed by atoms with Crippen LogP contribution in [0.1, 0.15) is 48.4 Å². The molecule has 1 aliphatic carbocycles. The minimum absolute atomic E-state index is 0.100. The summed E-state index contributed by atoms with van der Waals surface area (Å²) in [5.41, 5.74) is -0.208. The molecule has 1 unspecified atom stereocenters. The smallest absolute Gasteiger partial charge is 0.241 e. The Morgan fingerprint density at radius 3 is 2.45 bits per heavy atom. The van der Waals surface area contributed by atoms with Crippen LogP contribution in [0.15, 0.2) is 48.8 Å². The van der Waals surface area contributed by atoms with Crippen molar-refractivity contribution in [1.82, 2.24) is 4.57 Å². The van der Waals surface area contributed by atoms with Gasteiger partial charge in [0.15, 0.2) is 0 Å². The van der Waals surface area contributed by atoms with Crippen LogP contribution in [0.25, 0.3) is 0 Å². The number of hydrogen-bond donors (Lipinski definition) is 1. The third-order valence-corrected chi connectivity index (χ3v) is 4.78. The van der Waals surface area contributed by atoms with Crippen molar-refractivity contribution in [2.24, 2.45) is 0 Å². The molecule has 0 amide bonds. The van der Waals surface area contributed by atoms with E-state index in [1.165, 1.54) is 0 Å². The molecule has 3 rings (SSSR count). The zero-order valence-corrected chi connectivity index (χ0v) is 13.2. The highest BCUT2D eigenvalue weighted by Crippen LogP contribution is 2.41. The lowest BCUT2D eigenvalue weighted by atomic mass is 9.72. The third-order valence-electron chi connectivity index (χ3n) is 4.54. The molecule has 3 nitrogen and oxygen atoms in total. The largest absolute Gasteiger partial charge is 0.389 e. The minimum Gasteiger partial charge on any atom is -0.389 e. The quantitative estimate of drug-likeness (QED) is 0.919. The highest BCUT2D eigenvalue weighted by Gasteiger charge is 2.43. The van der Waals surface area contributed by atoms with Gasteiger partial charge in [0.1, 0.15) is 0 Å². The third kappa shape index (κ3) is 2.96. The van der Waals surface area contributed by atoms with Gasteiger partial charge in [0.25, 0.3) is 0 Å². The molecule has 1 aromatic carbocycles. The van der Waals surface area contributed by atoms with Gasteiger partial charge in [-0.2, -0.15) is 0 Å². The lowest BCUT2D eigenvalue weighted by molar-refractivity contribution is -0.0181. The number of hydrogen-bond acceptors (Lipinski definition) is 2. The van der Waals surface area contributed by atoms with Gasteiger partial charge in [-0.1, -0.05) is 43.0 Å². The van der Waals surface area contributed by atoms with Crippen molar-refractivity contribution in [3.8, 4) is 0 Å². The highest BCUT2D eigenvalue weighted by atomic mass is 35.5. The van der Waals surface area contributed by atoms with E-state index in [9.17, 15) is 9.90 Å². The number of carbonyl (C=O) groups excluding carboxylic acids is 1. The Labute approximate surface area is 135 Å². The molecular weight excluding hydrogens is 298 g/mol. The molecular formula is C18H20ClNO2. The maximum absolute atomic E-state index is 13.0. The van der Waals surface area contributed by atoms with E-state index in [-0.39, 0.29) is 5.91 Å². The lowest BCUT2D eigenvalue weighted by Gasteiger charge is -2.38. The second-order valence-corrected chi connectivity index (χ2v) is 6.52. The van der Waals surface area contributed by atoms with Crippen molar-refractivity contribution in [3.05, 3.63) is 59.4 Å². The summed E-state index contributed by atoms with van der Waals surface area (Å²) in [5, 5.41) is 11.8.